The van der Waals surface area contributed by atoms with Gasteiger partial charge in [0.05, 0.1) is 11.4 Å². The molecule has 0 aliphatic rings. The van der Waals surface area contributed by atoms with Gasteiger partial charge in [-0.05, 0) is 12.1 Å². The average molecular weight is 377 g/mol. The zero-order chi connectivity index (χ0) is 21.1. The fraction of sp³-hybridized carbons (Fsp3) is 0.421. The second-order valence-electron chi connectivity index (χ2n) is 5.16. The van der Waals surface area contributed by atoms with Crippen molar-refractivity contribution in [1.29, 1.82) is 0 Å². The van der Waals surface area contributed by atoms with Gasteiger partial charge in [-0.2, -0.15) is 0 Å². The molecule has 0 aromatic carbocycles. The van der Waals surface area contributed by atoms with E-state index in [1.54, 1.807) is 54.8 Å². The van der Waals surface area contributed by atoms with E-state index in [0.717, 1.165) is 0 Å². The second kappa shape index (κ2) is 11.6. The van der Waals surface area contributed by atoms with Crippen LogP contribution in [0.25, 0.3) is 0 Å². The van der Waals surface area contributed by atoms with Crippen molar-refractivity contribution in [2.45, 2.75) is 34.6 Å². The van der Waals surface area contributed by atoms with Gasteiger partial charge >= 0.3 is 0 Å². The van der Waals surface area contributed by atoms with E-state index < -0.39 is 0 Å². The van der Waals surface area contributed by atoms with Gasteiger partial charge in [0, 0.05) is 40.5 Å². The van der Waals surface area contributed by atoms with Crippen LogP contribution in [0.1, 0.15) is 55.6 Å². The first kappa shape index (κ1) is 24.0. The number of hydrogen-bond acceptors (Lipinski definition) is 3. The Morgan fingerprint density at radius 2 is 1.19 bits per heavy atom. The molecule has 0 fully saturated rings. The van der Waals surface area contributed by atoms with E-state index in [2.05, 4.69) is 16.0 Å². The molecule has 2 rings (SSSR count). The van der Waals surface area contributed by atoms with Crippen molar-refractivity contribution >= 4 is 29.1 Å². The largest absolute Gasteiger partial charge is 0.354 e. The Bertz CT molecular complexity index is 774. The van der Waals surface area contributed by atoms with Gasteiger partial charge in [0.15, 0.2) is 0 Å². The fourth-order valence-electron chi connectivity index (χ4n) is 2.24. The number of carbonyl (C=O) groups is 3. The number of nitrogens with one attached hydrogen (secondary N) is 3. The molecule has 0 radical (unpaired) electrons. The lowest BCUT2D eigenvalue weighted by Gasteiger charge is -2.03. The summed E-state index contributed by atoms with van der Waals surface area (Å²) in [5, 5.41) is 7.89. The molecule has 0 saturated carbocycles. The molecule has 0 saturated heterocycles. The highest BCUT2D eigenvalue weighted by Crippen LogP contribution is 2.17. The molecule has 3 N–H and O–H groups in total. The van der Waals surface area contributed by atoms with Crippen molar-refractivity contribution in [2.75, 3.05) is 17.7 Å². The van der Waals surface area contributed by atoms with Crippen LogP contribution in [0.5, 0.6) is 0 Å². The van der Waals surface area contributed by atoms with E-state index in [-0.39, 0.29) is 17.7 Å². The van der Waals surface area contributed by atoms with Crippen LogP contribution in [-0.4, -0.2) is 33.9 Å². The lowest BCUT2D eigenvalue weighted by molar-refractivity contribution is -0.114. The summed E-state index contributed by atoms with van der Waals surface area (Å²) in [5.41, 5.74) is 1.88. The lowest BCUT2D eigenvalue weighted by atomic mass is 10.3. The first-order valence-corrected chi connectivity index (χ1v) is 8.95. The Balaban J connectivity index is 0.00000158. The summed E-state index contributed by atoms with van der Waals surface area (Å²) in [4.78, 5) is 35.1. The Labute approximate surface area is 160 Å². The Hall–Kier alpha value is -3.03. The predicted molar refractivity (Wildman–Crippen MR) is 109 cm³/mol. The van der Waals surface area contributed by atoms with Gasteiger partial charge in [0.1, 0.15) is 11.4 Å². The van der Waals surface area contributed by atoms with E-state index in [0.29, 0.717) is 22.8 Å². The minimum atomic E-state index is -0.335. The average Bonchev–Trinajstić information content (AvgIpc) is 3.19. The molecule has 8 nitrogen and oxygen atoms in total. The number of aromatic nitrogens is 2. The highest BCUT2D eigenvalue weighted by Gasteiger charge is 2.15. The van der Waals surface area contributed by atoms with Crippen LogP contribution in [-0.2, 0) is 18.9 Å². The third-order valence-corrected chi connectivity index (χ3v) is 3.28. The van der Waals surface area contributed by atoms with Crippen LogP contribution in [0.2, 0.25) is 0 Å². The summed E-state index contributed by atoms with van der Waals surface area (Å²) in [6.07, 6.45) is 3.30. The highest BCUT2D eigenvalue weighted by atomic mass is 16.2. The molecule has 0 aliphatic heterocycles. The summed E-state index contributed by atoms with van der Waals surface area (Å²) >= 11 is 0. The molecule has 0 aliphatic carbocycles. The van der Waals surface area contributed by atoms with Crippen molar-refractivity contribution < 1.29 is 14.4 Å². The Morgan fingerprint density at radius 1 is 0.778 bits per heavy atom. The van der Waals surface area contributed by atoms with E-state index in [1.807, 2.05) is 27.7 Å². The minimum Gasteiger partial charge on any atom is -0.354 e. The van der Waals surface area contributed by atoms with E-state index in [4.69, 9.17) is 0 Å². The Morgan fingerprint density at radius 3 is 1.59 bits per heavy atom. The molecular weight excluding hydrogens is 346 g/mol. The monoisotopic (exact) mass is 377 g/mol. The quantitative estimate of drug-likeness (QED) is 0.764. The van der Waals surface area contributed by atoms with Crippen molar-refractivity contribution in [2.24, 2.45) is 14.1 Å². The first-order valence-electron chi connectivity index (χ1n) is 8.95. The smallest absolute Gasteiger partial charge is 0.272 e. The van der Waals surface area contributed by atoms with Gasteiger partial charge in [-0.25, -0.2) is 0 Å². The van der Waals surface area contributed by atoms with Gasteiger partial charge in [-0.15, -0.1) is 0 Å². The van der Waals surface area contributed by atoms with Crippen LogP contribution in [0.4, 0.5) is 11.4 Å². The summed E-state index contributed by atoms with van der Waals surface area (Å²) < 4.78 is 3.24. The standard InChI is InChI=1S/C15H19N5O3.2C2H6/c1-9(21)17-10-5-13(20(4)7-10)15(23)18-11-6-12(14(22)16-2)19(3)8-11;2*1-2/h5-8H,1-4H3,(H,16,22)(H,17,21)(H,18,23);2*1-2H3. The number of aryl methyl sites for hydroxylation is 2. The molecule has 3 amide bonds. The maximum Gasteiger partial charge on any atom is 0.272 e. The molecule has 2 aromatic heterocycles. The number of nitrogens with zero attached hydrogens (tertiary/aromatic N) is 2. The first-order chi connectivity index (χ1) is 12.8. The topological polar surface area (TPSA) is 97.2 Å². The van der Waals surface area contributed by atoms with Crippen LogP contribution < -0.4 is 16.0 Å². The molecule has 0 spiro atoms. The minimum absolute atomic E-state index is 0.208. The normalized spacial score (nSPS) is 9.19. The molecule has 8 heteroatoms. The van der Waals surface area contributed by atoms with E-state index in [1.165, 1.54) is 6.92 Å². The van der Waals surface area contributed by atoms with Crippen molar-refractivity contribution in [1.82, 2.24) is 14.5 Å². The lowest BCUT2D eigenvalue weighted by Crippen LogP contribution is -2.20. The van der Waals surface area contributed by atoms with E-state index >= 15 is 0 Å². The van der Waals surface area contributed by atoms with Crippen LogP contribution >= 0.6 is 0 Å². The SMILES string of the molecule is CC.CC.CNC(=O)c1cc(NC(=O)c2cc(NC(C)=O)cn2C)cn1C. The molecule has 150 valence electrons. The summed E-state index contributed by atoms with van der Waals surface area (Å²) in [7, 11) is 4.97. The third-order valence-electron chi connectivity index (χ3n) is 3.28. The van der Waals surface area contributed by atoms with Gasteiger partial charge in [0.2, 0.25) is 5.91 Å². The zero-order valence-corrected chi connectivity index (χ0v) is 17.4. The summed E-state index contributed by atoms with van der Waals surface area (Å²) in [6.45, 7) is 9.40. The zero-order valence-electron chi connectivity index (χ0n) is 17.4. The summed E-state index contributed by atoms with van der Waals surface area (Å²) in [6, 6.07) is 3.17. The van der Waals surface area contributed by atoms with Crippen LogP contribution in [0.15, 0.2) is 24.5 Å². The van der Waals surface area contributed by atoms with E-state index in [9.17, 15) is 14.4 Å². The molecule has 2 aromatic rings. The van der Waals surface area contributed by atoms with Crippen molar-refractivity contribution in [3.63, 3.8) is 0 Å². The van der Waals surface area contributed by atoms with Crippen LogP contribution in [0.3, 0.4) is 0 Å². The Kier molecular flexibility index (Phi) is 10.3. The number of rotatable bonds is 4. The number of hydrogen-bond donors (Lipinski definition) is 3. The van der Waals surface area contributed by atoms with Crippen molar-refractivity contribution in [3.05, 3.63) is 35.9 Å². The fourth-order valence-corrected chi connectivity index (χ4v) is 2.24. The highest BCUT2D eigenvalue weighted by molar-refractivity contribution is 6.05. The summed E-state index contributed by atoms with van der Waals surface area (Å²) in [5.74, 6) is -0.779. The van der Waals surface area contributed by atoms with Gasteiger partial charge in [-0.1, -0.05) is 27.7 Å². The molecule has 0 unspecified atom stereocenters. The third kappa shape index (κ3) is 6.65. The second-order valence-corrected chi connectivity index (χ2v) is 5.16. The van der Waals surface area contributed by atoms with Gasteiger partial charge in [-0.3, -0.25) is 14.4 Å². The molecule has 27 heavy (non-hydrogen) atoms. The maximum atomic E-state index is 12.3. The van der Waals surface area contributed by atoms with Gasteiger partial charge < -0.3 is 25.1 Å². The van der Waals surface area contributed by atoms with Gasteiger partial charge in [0.25, 0.3) is 11.8 Å². The van der Waals surface area contributed by atoms with Crippen molar-refractivity contribution in [3.8, 4) is 0 Å². The predicted octanol–water partition coefficient (Wildman–Crippen LogP) is 2.99. The maximum absolute atomic E-state index is 12.3. The van der Waals surface area contributed by atoms with Crippen LogP contribution in [0, 0.1) is 0 Å². The molecule has 0 bridgehead atoms. The molecular formula is C19H31N5O3. The molecule has 2 heterocycles. The number of carbonyl (C=O) groups excluding carboxylic acids is 3. The number of amides is 3. The number of anilines is 2. The molecule has 0 atom stereocenters.